The molecule has 23 heavy (non-hydrogen) atoms. The van der Waals surface area contributed by atoms with Crippen LogP contribution in [0, 0.1) is 0 Å². The van der Waals surface area contributed by atoms with Gasteiger partial charge in [0.05, 0.1) is 29.3 Å². The van der Waals surface area contributed by atoms with E-state index < -0.39 is 10.0 Å². The number of rotatable bonds is 2. The van der Waals surface area contributed by atoms with Gasteiger partial charge in [0.15, 0.2) is 0 Å². The second kappa shape index (κ2) is 4.55. The molecule has 2 bridgehead atoms. The van der Waals surface area contributed by atoms with E-state index in [0.717, 1.165) is 29.7 Å². The van der Waals surface area contributed by atoms with Crippen LogP contribution in [0.4, 0.5) is 5.69 Å². The third-order valence-electron chi connectivity index (χ3n) is 5.48. The molecule has 1 aromatic carbocycles. The Labute approximate surface area is 135 Å². The normalized spacial score (nSPS) is 29.4. The highest BCUT2D eigenvalue weighted by molar-refractivity contribution is 7.89. The third kappa shape index (κ3) is 1.87. The fraction of sp³-hybridized carbons (Fsp3) is 0.562. The van der Waals surface area contributed by atoms with E-state index in [1.165, 1.54) is 0 Å². The van der Waals surface area contributed by atoms with Crippen LogP contribution in [0.15, 0.2) is 17.0 Å². The van der Waals surface area contributed by atoms with Crippen LogP contribution in [0.2, 0.25) is 0 Å². The molecular formula is C16H18N2O4S. The average molecular weight is 334 g/mol. The Morgan fingerprint density at radius 1 is 1.13 bits per heavy atom. The number of nitrogens with zero attached hydrogens (tertiary/aromatic N) is 2. The molecule has 2 unspecified atom stereocenters. The summed E-state index contributed by atoms with van der Waals surface area (Å²) in [6.07, 6.45) is 2.70. The number of morpholine rings is 1. The van der Waals surface area contributed by atoms with E-state index in [-0.39, 0.29) is 18.1 Å². The number of sulfonamides is 1. The summed E-state index contributed by atoms with van der Waals surface area (Å²) in [4.78, 5) is 14.2. The first-order valence-corrected chi connectivity index (χ1v) is 9.57. The number of hydrogen-bond donors (Lipinski definition) is 0. The predicted molar refractivity (Wildman–Crippen MR) is 82.9 cm³/mol. The lowest BCUT2D eigenvalue weighted by atomic mass is 10.00. The number of aryl methyl sites for hydroxylation is 1. The van der Waals surface area contributed by atoms with E-state index in [0.29, 0.717) is 37.4 Å². The molecule has 0 radical (unpaired) electrons. The number of anilines is 1. The van der Waals surface area contributed by atoms with Gasteiger partial charge in [-0.3, -0.25) is 4.79 Å². The highest BCUT2D eigenvalue weighted by atomic mass is 32.2. The van der Waals surface area contributed by atoms with Crippen molar-refractivity contribution in [2.75, 3.05) is 24.6 Å². The number of fused-ring (bicyclic) bond motifs is 2. The monoisotopic (exact) mass is 334 g/mol. The number of ether oxygens (including phenoxy) is 1. The summed E-state index contributed by atoms with van der Waals surface area (Å²) >= 11 is 0. The second-order valence-electron chi connectivity index (χ2n) is 6.81. The molecule has 5 rings (SSSR count). The molecule has 0 saturated carbocycles. The van der Waals surface area contributed by atoms with Crippen molar-refractivity contribution >= 4 is 21.6 Å². The van der Waals surface area contributed by atoms with Gasteiger partial charge in [-0.15, -0.1) is 0 Å². The minimum atomic E-state index is -3.48. The minimum absolute atomic E-state index is 0.0207. The Morgan fingerprint density at radius 2 is 1.91 bits per heavy atom. The van der Waals surface area contributed by atoms with Crippen molar-refractivity contribution in [3.63, 3.8) is 0 Å². The van der Waals surface area contributed by atoms with Gasteiger partial charge in [-0.05, 0) is 42.5 Å². The topological polar surface area (TPSA) is 66.9 Å². The molecular weight excluding hydrogens is 316 g/mol. The van der Waals surface area contributed by atoms with Crippen molar-refractivity contribution in [3.8, 4) is 0 Å². The number of carbonyl (C=O) groups excluding carboxylic acids is 1. The third-order valence-corrected chi connectivity index (χ3v) is 7.38. The molecule has 0 N–H and O–H groups in total. The lowest BCUT2D eigenvalue weighted by molar-refractivity contribution is -0.118. The molecule has 2 fully saturated rings. The first-order valence-electron chi connectivity index (χ1n) is 8.13. The smallest absolute Gasteiger partial charge is 0.243 e. The Bertz CT molecular complexity index is 820. The summed E-state index contributed by atoms with van der Waals surface area (Å²) in [6, 6.07) is 3.54. The Hall–Kier alpha value is -1.44. The molecule has 2 saturated heterocycles. The molecule has 7 heteroatoms. The number of benzene rings is 1. The molecule has 0 aliphatic carbocycles. The lowest BCUT2D eigenvalue weighted by Gasteiger charge is -2.28. The number of amides is 1. The fourth-order valence-corrected chi connectivity index (χ4v) is 6.12. The van der Waals surface area contributed by atoms with E-state index in [1.54, 1.807) is 16.4 Å². The minimum Gasteiger partial charge on any atom is -0.375 e. The maximum atomic E-state index is 13.0. The van der Waals surface area contributed by atoms with E-state index in [2.05, 4.69) is 0 Å². The van der Waals surface area contributed by atoms with Gasteiger partial charge in [-0.2, -0.15) is 4.31 Å². The van der Waals surface area contributed by atoms with Crippen LogP contribution in [-0.2, 0) is 32.4 Å². The average Bonchev–Trinajstić information content (AvgIpc) is 3.26. The van der Waals surface area contributed by atoms with Crippen LogP contribution in [0.1, 0.15) is 24.0 Å². The molecule has 4 aliphatic rings. The van der Waals surface area contributed by atoms with Crippen LogP contribution >= 0.6 is 0 Å². The van der Waals surface area contributed by atoms with Gasteiger partial charge in [0, 0.05) is 19.5 Å². The van der Waals surface area contributed by atoms with Gasteiger partial charge in [0.1, 0.15) is 0 Å². The SMILES string of the molecule is O=C1CCc2cc(S(=O)(=O)N3CC4CC3CO4)cc3c2N1CC3. The van der Waals surface area contributed by atoms with E-state index in [9.17, 15) is 13.2 Å². The summed E-state index contributed by atoms with van der Waals surface area (Å²) < 4.78 is 33.2. The van der Waals surface area contributed by atoms with E-state index in [1.807, 2.05) is 4.90 Å². The fourth-order valence-electron chi connectivity index (χ4n) is 4.37. The molecule has 4 heterocycles. The molecule has 0 spiro atoms. The van der Waals surface area contributed by atoms with Crippen LogP contribution in [0.3, 0.4) is 0 Å². The van der Waals surface area contributed by atoms with Crippen molar-refractivity contribution in [1.29, 1.82) is 0 Å². The summed E-state index contributed by atoms with van der Waals surface area (Å²) in [5, 5.41) is 0. The highest BCUT2D eigenvalue weighted by Crippen LogP contribution is 2.40. The zero-order valence-corrected chi connectivity index (χ0v) is 13.5. The van der Waals surface area contributed by atoms with Crippen LogP contribution in [-0.4, -0.2) is 50.5 Å². The first-order chi connectivity index (χ1) is 11.0. The lowest BCUT2D eigenvalue weighted by Crippen LogP contribution is -2.41. The van der Waals surface area contributed by atoms with Crippen LogP contribution < -0.4 is 4.90 Å². The maximum Gasteiger partial charge on any atom is 0.243 e. The number of carbonyl (C=O) groups is 1. The molecule has 6 nitrogen and oxygen atoms in total. The van der Waals surface area contributed by atoms with Gasteiger partial charge in [-0.1, -0.05) is 0 Å². The molecule has 122 valence electrons. The van der Waals surface area contributed by atoms with E-state index in [4.69, 9.17) is 4.74 Å². The van der Waals surface area contributed by atoms with Gasteiger partial charge in [0.25, 0.3) is 0 Å². The number of hydrogen-bond acceptors (Lipinski definition) is 4. The summed E-state index contributed by atoms with van der Waals surface area (Å²) in [5.41, 5.74) is 2.96. The Morgan fingerprint density at radius 3 is 2.61 bits per heavy atom. The summed E-state index contributed by atoms with van der Waals surface area (Å²) in [6.45, 7) is 1.64. The standard InChI is InChI=1S/C16H18N2O4S/c19-15-2-1-10-5-14(6-11-3-4-17(15)16(10)11)23(20,21)18-8-13-7-12(18)9-22-13/h5-6,12-13H,1-4,7-9H2. The van der Waals surface area contributed by atoms with Gasteiger partial charge in [0.2, 0.25) is 15.9 Å². The van der Waals surface area contributed by atoms with Crippen molar-refractivity contribution in [2.24, 2.45) is 0 Å². The van der Waals surface area contributed by atoms with Gasteiger partial charge < -0.3 is 9.64 Å². The van der Waals surface area contributed by atoms with Crippen LogP contribution in [0.5, 0.6) is 0 Å². The zero-order chi connectivity index (χ0) is 15.8. The summed E-state index contributed by atoms with van der Waals surface area (Å²) in [5.74, 6) is 0.154. The Balaban J connectivity index is 1.59. The van der Waals surface area contributed by atoms with Crippen molar-refractivity contribution in [1.82, 2.24) is 4.31 Å². The molecule has 1 amide bonds. The molecule has 1 aromatic rings. The van der Waals surface area contributed by atoms with Crippen molar-refractivity contribution < 1.29 is 17.9 Å². The second-order valence-corrected chi connectivity index (χ2v) is 8.70. The molecule has 4 aliphatic heterocycles. The highest BCUT2D eigenvalue weighted by Gasteiger charge is 2.46. The molecule has 0 aromatic heterocycles. The van der Waals surface area contributed by atoms with Crippen LogP contribution in [0.25, 0.3) is 0 Å². The maximum absolute atomic E-state index is 13.0. The predicted octanol–water partition coefficient (Wildman–Crippen LogP) is 0.684. The van der Waals surface area contributed by atoms with E-state index >= 15 is 0 Å². The van der Waals surface area contributed by atoms with Gasteiger partial charge in [-0.25, -0.2) is 8.42 Å². The van der Waals surface area contributed by atoms with Gasteiger partial charge >= 0.3 is 0 Å². The Kier molecular flexibility index (Phi) is 2.76. The largest absolute Gasteiger partial charge is 0.375 e. The zero-order valence-electron chi connectivity index (χ0n) is 12.7. The van der Waals surface area contributed by atoms with Crippen molar-refractivity contribution in [3.05, 3.63) is 23.3 Å². The van der Waals surface area contributed by atoms with Crippen molar-refractivity contribution in [2.45, 2.75) is 42.7 Å². The molecule has 2 atom stereocenters. The summed E-state index contributed by atoms with van der Waals surface area (Å²) in [7, 11) is -3.48. The quantitative estimate of drug-likeness (QED) is 0.798. The first kappa shape index (κ1) is 13.9.